The molecule has 3 rings (SSSR count). The molecule has 0 saturated heterocycles. The van der Waals surface area contributed by atoms with Crippen molar-refractivity contribution in [3.05, 3.63) is 46.6 Å². The van der Waals surface area contributed by atoms with Gasteiger partial charge in [-0.05, 0) is 46.3 Å². The predicted molar refractivity (Wildman–Crippen MR) is 79.6 cm³/mol. The second-order valence-corrected chi connectivity index (χ2v) is 6.01. The van der Waals surface area contributed by atoms with Crippen LogP contribution in [0.1, 0.15) is 10.4 Å². The fourth-order valence-electron chi connectivity index (χ4n) is 1.74. The molecule has 0 radical (unpaired) electrons. The van der Waals surface area contributed by atoms with E-state index in [4.69, 9.17) is 9.47 Å². The van der Waals surface area contributed by atoms with Crippen LogP contribution in [0.5, 0.6) is 11.5 Å². The molecule has 2 heterocycles. The van der Waals surface area contributed by atoms with E-state index in [1.807, 2.05) is 12.1 Å². The van der Waals surface area contributed by atoms with E-state index in [2.05, 4.69) is 20.9 Å². The lowest BCUT2D eigenvalue weighted by Crippen LogP contribution is -2.02. The van der Waals surface area contributed by atoms with E-state index >= 15 is 0 Å². The van der Waals surface area contributed by atoms with Crippen molar-refractivity contribution in [3.63, 3.8) is 0 Å². The summed E-state index contributed by atoms with van der Waals surface area (Å²) in [5.74, 6) is 1.69. The van der Waals surface area contributed by atoms with Crippen LogP contribution >= 0.6 is 27.7 Å². The summed E-state index contributed by atoms with van der Waals surface area (Å²) in [5.41, 5.74) is 0.624. The van der Waals surface area contributed by atoms with Crippen molar-refractivity contribution in [1.82, 2.24) is 4.98 Å². The molecule has 1 aliphatic rings. The fourth-order valence-corrected chi connectivity index (χ4v) is 2.71. The van der Waals surface area contributed by atoms with E-state index in [0.717, 1.165) is 9.50 Å². The summed E-state index contributed by atoms with van der Waals surface area (Å²) < 4.78 is 11.4. The van der Waals surface area contributed by atoms with E-state index in [1.165, 1.54) is 11.8 Å². The van der Waals surface area contributed by atoms with Gasteiger partial charge in [0.25, 0.3) is 0 Å². The molecule has 0 spiro atoms. The van der Waals surface area contributed by atoms with E-state index in [1.54, 1.807) is 24.4 Å². The van der Waals surface area contributed by atoms with Crippen LogP contribution < -0.4 is 9.47 Å². The summed E-state index contributed by atoms with van der Waals surface area (Å²) in [7, 11) is 0. The predicted octanol–water partition coefficient (Wildman–Crippen LogP) is 3.55. The van der Waals surface area contributed by atoms with Gasteiger partial charge in [0.15, 0.2) is 17.3 Å². The SMILES string of the molecule is O=C(CSc1ccc(Br)cn1)c1ccc2c(c1)OCO2. The normalized spacial score (nSPS) is 12.4. The maximum Gasteiger partial charge on any atom is 0.231 e. The highest BCUT2D eigenvalue weighted by Crippen LogP contribution is 2.33. The van der Waals surface area contributed by atoms with Crippen LogP contribution in [0.25, 0.3) is 0 Å². The van der Waals surface area contributed by atoms with Crippen molar-refractivity contribution >= 4 is 33.5 Å². The number of carbonyl (C=O) groups is 1. The maximum absolute atomic E-state index is 12.1. The first-order valence-corrected chi connectivity index (χ1v) is 7.67. The lowest BCUT2D eigenvalue weighted by Gasteiger charge is -2.03. The number of pyridine rings is 1. The van der Waals surface area contributed by atoms with E-state index in [9.17, 15) is 4.79 Å². The van der Waals surface area contributed by atoms with Crippen LogP contribution in [-0.2, 0) is 0 Å². The standard InChI is InChI=1S/C14H10BrNO3S/c15-10-2-4-14(16-6-10)20-7-11(17)9-1-3-12-13(5-9)19-8-18-12/h1-6H,7-8H2. The largest absolute Gasteiger partial charge is 0.454 e. The van der Waals surface area contributed by atoms with Crippen LogP contribution in [-0.4, -0.2) is 23.3 Å². The van der Waals surface area contributed by atoms with Gasteiger partial charge in [-0.25, -0.2) is 4.98 Å². The average Bonchev–Trinajstić information content (AvgIpc) is 2.93. The fraction of sp³-hybridized carbons (Fsp3) is 0.143. The second-order valence-electron chi connectivity index (χ2n) is 4.09. The first-order valence-electron chi connectivity index (χ1n) is 5.89. The lowest BCUT2D eigenvalue weighted by atomic mass is 10.1. The summed E-state index contributed by atoms with van der Waals surface area (Å²) in [6, 6.07) is 9.02. The molecule has 0 amide bonds. The Morgan fingerprint density at radius 3 is 2.90 bits per heavy atom. The third kappa shape index (κ3) is 2.96. The molecule has 6 heteroatoms. The number of thioether (sulfide) groups is 1. The maximum atomic E-state index is 12.1. The molecule has 0 atom stereocenters. The number of fused-ring (bicyclic) bond motifs is 1. The molecular weight excluding hydrogens is 342 g/mol. The monoisotopic (exact) mass is 351 g/mol. The van der Waals surface area contributed by atoms with E-state index < -0.39 is 0 Å². The topological polar surface area (TPSA) is 48.4 Å². The molecule has 0 N–H and O–H groups in total. The van der Waals surface area contributed by atoms with Crippen molar-refractivity contribution in [1.29, 1.82) is 0 Å². The van der Waals surface area contributed by atoms with Gasteiger partial charge in [0.1, 0.15) is 0 Å². The summed E-state index contributed by atoms with van der Waals surface area (Å²) in [5, 5.41) is 0.822. The molecule has 0 saturated carbocycles. The Bertz CT molecular complexity index is 645. The van der Waals surface area contributed by atoms with Crippen molar-refractivity contribution in [3.8, 4) is 11.5 Å². The lowest BCUT2D eigenvalue weighted by molar-refractivity contribution is 0.102. The number of halogens is 1. The molecule has 0 bridgehead atoms. The summed E-state index contributed by atoms with van der Waals surface area (Å²) >= 11 is 4.74. The average molecular weight is 352 g/mol. The highest BCUT2D eigenvalue weighted by Gasteiger charge is 2.16. The molecule has 4 nitrogen and oxygen atoms in total. The Balaban J connectivity index is 1.66. The number of benzene rings is 1. The minimum atomic E-state index is 0.0398. The number of aromatic nitrogens is 1. The van der Waals surface area contributed by atoms with Gasteiger partial charge in [0.05, 0.1) is 10.8 Å². The molecule has 1 aliphatic heterocycles. The minimum Gasteiger partial charge on any atom is -0.454 e. The van der Waals surface area contributed by atoms with Crippen LogP contribution in [0.15, 0.2) is 46.0 Å². The minimum absolute atomic E-state index is 0.0398. The first kappa shape index (κ1) is 13.5. The van der Waals surface area contributed by atoms with Gasteiger partial charge < -0.3 is 9.47 Å². The van der Waals surface area contributed by atoms with E-state index in [0.29, 0.717) is 22.8 Å². The Labute approximate surface area is 128 Å². The van der Waals surface area contributed by atoms with Crippen LogP contribution in [0.2, 0.25) is 0 Å². The molecule has 0 unspecified atom stereocenters. The smallest absolute Gasteiger partial charge is 0.231 e. The number of rotatable bonds is 4. The Morgan fingerprint density at radius 2 is 2.10 bits per heavy atom. The van der Waals surface area contributed by atoms with Gasteiger partial charge in [-0.15, -0.1) is 0 Å². The molecule has 102 valence electrons. The number of hydrogen-bond acceptors (Lipinski definition) is 5. The van der Waals surface area contributed by atoms with Gasteiger partial charge in [-0.2, -0.15) is 0 Å². The molecule has 2 aromatic rings. The summed E-state index contributed by atoms with van der Waals surface area (Å²) in [6.45, 7) is 0.213. The molecular formula is C14H10BrNO3S. The molecule has 0 fully saturated rings. The van der Waals surface area contributed by atoms with Crippen molar-refractivity contribution in [2.45, 2.75) is 5.03 Å². The van der Waals surface area contributed by atoms with Crippen LogP contribution in [0.4, 0.5) is 0 Å². The zero-order valence-corrected chi connectivity index (χ0v) is 12.7. The molecule has 1 aromatic carbocycles. The third-order valence-electron chi connectivity index (χ3n) is 2.75. The molecule has 0 aliphatic carbocycles. The number of ketones is 1. The van der Waals surface area contributed by atoms with E-state index in [-0.39, 0.29) is 12.6 Å². The Hall–Kier alpha value is -1.53. The van der Waals surface area contributed by atoms with Gasteiger partial charge in [0, 0.05) is 16.2 Å². The number of hydrogen-bond donors (Lipinski definition) is 0. The van der Waals surface area contributed by atoms with Gasteiger partial charge in [0.2, 0.25) is 6.79 Å². The Kier molecular flexibility index (Phi) is 3.93. The van der Waals surface area contributed by atoms with Gasteiger partial charge >= 0.3 is 0 Å². The van der Waals surface area contributed by atoms with Gasteiger partial charge in [-0.3, -0.25) is 4.79 Å². The third-order valence-corrected chi connectivity index (χ3v) is 4.16. The number of ether oxygens (including phenoxy) is 2. The number of Topliss-reactive ketones (excluding diaryl/α,β-unsaturated/α-hetero) is 1. The quantitative estimate of drug-likeness (QED) is 0.622. The van der Waals surface area contributed by atoms with Crippen molar-refractivity contribution in [2.75, 3.05) is 12.5 Å². The number of carbonyl (C=O) groups excluding carboxylic acids is 1. The first-order chi connectivity index (χ1) is 9.72. The number of nitrogens with zero attached hydrogens (tertiary/aromatic N) is 1. The van der Waals surface area contributed by atoms with Crippen LogP contribution in [0.3, 0.4) is 0 Å². The summed E-state index contributed by atoms with van der Waals surface area (Å²) in [6.07, 6.45) is 1.72. The second kappa shape index (κ2) is 5.85. The zero-order chi connectivity index (χ0) is 13.9. The van der Waals surface area contributed by atoms with Gasteiger partial charge in [-0.1, -0.05) is 11.8 Å². The Morgan fingerprint density at radius 1 is 1.25 bits per heavy atom. The van der Waals surface area contributed by atoms with Crippen LogP contribution in [0, 0.1) is 0 Å². The highest BCUT2D eigenvalue weighted by molar-refractivity contribution is 9.10. The molecule has 1 aromatic heterocycles. The summed E-state index contributed by atoms with van der Waals surface area (Å²) in [4.78, 5) is 16.4. The zero-order valence-electron chi connectivity index (χ0n) is 10.3. The van der Waals surface area contributed by atoms with Crippen molar-refractivity contribution in [2.24, 2.45) is 0 Å². The van der Waals surface area contributed by atoms with Crippen molar-refractivity contribution < 1.29 is 14.3 Å². The highest BCUT2D eigenvalue weighted by atomic mass is 79.9. The molecule has 20 heavy (non-hydrogen) atoms.